The Morgan fingerprint density at radius 1 is 0.692 bits per heavy atom. The summed E-state index contributed by atoms with van der Waals surface area (Å²) in [7, 11) is 0. The zero-order valence-corrected chi connectivity index (χ0v) is 18.2. The molecule has 0 amide bonds. The van der Waals surface area contributed by atoms with Gasteiger partial charge in [0.2, 0.25) is 0 Å². The van der Waals surface area contributed by atoms with Gasteiger partial charge in [0.25, 0.3) is 0 Å². The van der Waals surface area contributed by atoms with Gasteiger partial charge in [-0.1, -0.05) is 56.1 Å². The van der Waals surface area contributed by atoms with Gasteiger partial charge in [0, 0.05) is 22.8 Å². The fourth-order valence-corrected chi connectivity index (χ4v) is 3.50. The second-order valence-electron chi connectivity index (χ2n) is 6.27. The van der Waals surface area contributed by atoms with Gasteiger partial charge in [0.1, 0.15) is 0 Å². The lowest BCUT2D eigenvalue weighted by Gasteiger charge is -2.45. The van der Waals surface area contributed by atoms with Crippen LogP contribution in [0.1, 0.15) is 38.8 Å². The maximum absolute atomic E-state index is 11.9. The predicted octanol–water partition coefficient (Wildman–Crippen LogP) is 5.47. The van der Waals surface area contributed by atoms with E-state index in [1.807, 2.05) is 48.5 Å². The Kier molecular flexibility index (Phi) is 6.29. The smallest absolute Gasteiger partial charge is 0.303 e. The van der Waals surface area contributed by atoms with E-state index >= 15 is 0 Å². The molecule has 0 bridgehead atoms. The summed E-state index contributed by atoms with van der Waals surface area (Å²) in [5.41, 5.74) is -1.05. The second kappa shape index (κ2) is 7.92. The molecule has 0 saturated heterocycles. The third kappa shape index (κ3) is 4.18. The first-order chi connectivity index (χ1) is 12.1. The average molecular weight is 484 g/mol. The highest BCUT2D eigenvalue weighted by molar-refractivity contribution is 9.10. The van der Waals surface area contributed by atoms with Crippen molar-refractivity contribution in [3.8, 4) is 0 Å². The molecule has 2 atom stereocenters. The first kappa shape index (κ1) is 20.6. The molecule has 2 unspecified atom stereocenters. The number of carbonyl (C=O) groups is 2. The minimum atomic E-state index is -1.24. The Labute approximate surface area is 170 Å². The van der Waals surface area contributed by atoms with E-state index in [-0.39, 0.29) is 0 Å². The second-order valence-corrected chi connectivity index (χ2v) is 8.10. The highest BCUT2D eigenvalue weighted by atomic mass is 79.9. The molecule has 138 valence electrons. The number of carbonyl (C=O) groups excluding carboxylic acids is 2. The molecule has 0 aliphatic carbocycles. The van der Waals surface area contributed by atoms with Gasteiger partial charge in [0.05, 0.1) is 0 Å². The molecule has 6 heteroatoms. The first-order valence-electron chi connectivity index (χ1n) is 8.00. The molecule has 0 saturated carbocycles. The molecule has 2 aromatic rings. The summed E-state index contributed by atoms with van der Waals surface area (Å²) in [6.07, 6.45) is 0. The fraction of sp³-hybridized carbons (Fsp3) is 0.300. The van der Waals surface area contributed by atoms with Crippen LogP contribution in [0.15, 0.2) is 57.5 Å². The Morgan fingerprint density at radius 3 is 1.19 bits per heavy atom. The lowest BCUT2D eigenvalue weighted by Crippen LogP contribution is -2.50. The van der Waals surface area contributed by atoms with Crippen LogP contribution in [-0.4, -0.2) is 11.9 Å². The van der Waals surface area contributed by atoms with Crippen LogP contribution in [0.5, 0.6) is 0 Å². The van der Waals surface area contributed by atoms with Gasteiger partial charge in [-0.25, -0.2) is 0 Å². The van der Waals surface area contributed by atoms with Crippen LogP contribution in [0.4, 0.5) is 0 Å². The lowest BCUT2D eigenvalue weighted by molar-refractivity contribution is -0.211. The van der Waals surface area contributed by atoms with E-state index in [9.17, 15) is 9.59 Å². The van der Waals surface area contributed by atoms with E-state index in [0.717, 1.165) is 8.95 Å². The summed E-state index contributed by atoms with van der Waals surface area (Å²) in [5, 5.41) is 0. The molecule has 0 radical (unpaired) electrons. The van der Waals surface area contributed by atoms with Crippen LogP contribution in [0, 0.1) is 0 Å². The highest BCUT2D eigenvalue weighted by Crippen LogP contribution is 2.46. The molecule has 4 nitrogen and oxygen atoms in total. The predicted molar refractivity (Wildman–Crippen MR) is 107 cm³/mol. The number of esters is 2. The largest absolute Gasteiger partial charge is 0.450 e. The summed E-state index contributed by atoms with van der Waals surface area (Å²) in [6, 6.07) is 14.8. The summed E-state index contributed by atoms with van der Waals surface area (Å²) in [4.78, 5) is 23.9. The zero-order valence-electron chi connectivity index (χ0n) is 15.0. The molecule has 0 N–H and O–H groups in total. The molecule has 2 rings (SSSR count). The summed E-state index contributed by atoms with van der Waals surface area (Å²) in [5.74, 6) is -0.934. The molecule has 26 heavy (non-hydrogen) atoms. The summed E-state index contributed by atoms with van der Waals surface area (Å²) in [6.45, 7) is 6.19. The van der Waals surface area contributed by atoms with Crippen molar-refractivity contribution in [3.05, 3.63) is 68.6 Å². The van der Waals surface area contributed by atoms with E-state index in [0.29, 0.717) is 11.1 Å². The van der Waals surface area contributed by atoms with Crippen LogP contribution in [-0.2, 0) is 30.3 Å². The topological polar surface area (TPSA) is 52.6 Å². The summed E-state index contributed by atoms with van der Waals surface area (Å²) < 4.78 is 13.3. The van der Waals surface area contributed by atoms with Gasteiger partial charge >= 0.3 is 11.9 Å². The Morgan fingerprint density at radius 2 is 0.962 bits per heavy atom. The molecule has 2 aromatic carbocycles. The van der Waals surface area contributed by atoms with Crippen molar-refractivity contribution in [1.29, 1.82) is 0 Å². The normalized spacial score (nSPS) is 15.5. The van der Waals surface area contributed by atoms with Gasteiger partial charge in [-0.05, 0) is 49.2 Å². The number of halogens is 2. The monoisotopic (exact) mass is 482 g/mol. The van der Waals surface area contributed by atoms with Crippen LogP contribution < -0.4 is 0 Å². The maximum Gasteiger partial charge on any atom is 0.303 e. The zero-order chi connectivity index (χ0) is 19.5. The SMILES string of the molecule is CC(=O)OC(C)(c1ccc(Br)cc1)C(C)(OC(C)=O)c1ccc(Br)cc1. The number of benzene rings is 2. The van der Waals surface area contributed by atoms with Crippen molar-refractivity contribution < 1.29 is 19.1 Å². The van der Waals surface area contributed by atoms with Crippen molar-refractivity contribution in [2.75, 3.05) is 0 Å². The molecule has 0 heterocycles. The van der Waals surface area contributed by atoms with Gasteiger partial charge < -0.3 is 9.47 Å². The quantitative estimate of drug-likeness (QED) is 0.529. The number of hydrogen-bond donors (Lipinski definition) is 0. The van der Waals surface area contributed by atoms with Crippen LogP contribution in [0.2, 0.25) is 0 Å². The molecule has 0 fully saturated rings. The Bertz CT molecular complexity index is 732. The lowest BCUT2D eigenvalue weighted by atomic mass is 9.75. The van der Waals surface area contributed by atoms with Crippen molar-refractivity contribution in [3.63, 3.8) is 0 Å². The van der Waals surface area contributed by atoms with Crippen molar-refractivity contribution in [2.45, 2.75) is 38.9 Å². The van der Waals surface area contributed by atoms with Gasteiger partial charge in [-0.15, -0.1) is 0 Å². The maximum atomic E-state index is 11.9. The van der Waals surface area contributed by atoms with E-state index in [2.05, 4.69) is 31.9 Å². The Balaban J connectivity index is 2.72. The third-order valence-electron chi connectivity index (χ3n) is 4.40. The standard InChI is InChI=1S/C20H20Br2O4/c1-13(23)25-19(3,15-5-9-17(21)10-6-15)20(4,26-14(2)24)16-7-11-18(22)12-8-16/h5-12H,1-4H3. The van der Waals surface area contributed by atoms with Gasteiger partial charge in [-0.2, -0.15) is 0 Å². The number of rotatable bonds is 5. The molecular formula is C20H20Br2O4. The van der Waals surface area contributed by atoms with Crippen molar-refractivity contribution >= 4 is 43.8 Å². The van der Waals surface area contributed by atoms with Crippen LogP contribution in [0.25, 0.3) is 0 Å². The van der Waals surface area contributed by atoms with E-state index < -0.39 is 23.1 Å². The third-order valence-corrected chi connectivity index (χ3v) is 5.45. The minimum Gasteiger partial charge on any atom is -0.450 e. The van der Waals surface area contributed by atoms with Crippen LogP contribution in [0.3, 0.4) is 0 Å². The van der Waals surface area contributed by atoms with E-state index in [1.54, 1.807) is 13.8 Å². The molecular weight excluding hydrogens is 464 g/mol. The van der Waals surface area contributed by atoms with E-state index in [4.69, 9.17) is 9.47 Å². The van der Waals surface area contributed by atoms with Crippen molar-refractivity contribution in [2.24, 2.45) is 0 Å². The van der Waals surface area contributed by atoms with Gasteiger partial charge in [0.15, 0.2) is 11.2 Å². The van der Waals surface area contributed by atoms with Gasteiger partial charge in [-0.3, -0.25) is 9.59 Å². The number of ether oxygens (including phenoxy) is 2. The molecule has 0 aliphatic rings. The molecule has 0 aliphatic heterocycles. The highest BCUT2D eigenvalue weighted by Gasteiger charge is 2.53. The van der Waals surface area contributed by atoms with Crippen molar-refractivity contribution in [1.82, 2.24) is 0 Å². The minimum absolute atomic E-state index is 0.467. The summed E-state index contributed by atoms with van der Waals surface area (Å²) >= 11 is 6.82. The Hall–Kier alpha value is -1.66. The molecule has 0 aromatic heterocycles. The number of hydrogen-bond acceptors (Lipinski definition) is 4. The fourth-order valence-electron chi connectivity index (χ4n) is 2.97. The van der Waals surface area contributed by atoms with Crippen LogP contribution >= 0.6 is 31.9 Å². The van der Waals surface area contributed by atoms with E-state index in [1.165, 1.54) is 13.8 Å². The molecule has 0 spiro atoms. The average Bonchev–Trinajstić information content (AvgIpc) is 2.54. The first-order valence-corrected chi connectivity index (χ1v) is 9.58.